The van der Waals surface area contributed by atoms with Gasteiger partial charge in [0, 0.05) is 24.3 Å². The molecule has 2 aromatic carbocycles. The molecule has 1 aliphatic heterocycles. The Balaban J connectivity index is 1.97. The Labute approximate surface area is 202 Å². The van der Waals surface area contributed by atoms with E-state index in [1.165, 1.54) is 16.4 Å². The second kappa shape index (κ2) is 10.1. The Morgan fingerprint density at radius 2 is 1.58 bits per heavy atom. The van der Waals surface area contributed by atoms with E-state index in [0.29, 0.717) is 0 Å². The summed E-state index contributed by atoms with van der Waals surface area (Å²) in [7, 11) is -3.89. The Bertz CT molecular complexity index is 1090. The second-order valence-corrected chi connectivity index (χ2v) is 11.6. The summed E-state index contributed by atoms with van der Waals surface area (Å²) in [5.41, 5.74) is 3.09. The number of amides is 1. The highest BCUT2D eigenvalue weighted by molar-refractivity contribution is 7.89. The van der Waals surface area contributed by atoms with Gasteiger partial charge in [-0.25, -0.2) is 8.42 Å². The predicted molar refractivity (Wildman–Crippen MR) is 133 cm³/mol. The predicted octanol–water partition coefficient (Wildman–Crippen LogP) is 5.64. The summed E-state index contributed by atoms with van der Waals surface area (Å²) in [4.78, 5) is 13.2. The van der Waals surface area contributed by atoms with E-state index in [9.17, 15) is 13.2 Å². The van der Waals surface area contributed by atoms with Crippen LogP contribution in [0.3, 0.4) is 0 Å². The van der Waals surface area contributed by atoms with Gasteiger partial charge in [-0.05, 0) is 55.0 Å². The number of sulfonamides is 1. The molecular formula is C25H33ClN2O4S. The van der Waals surface area contributed by atoms with Crippen molar-refractivity contribution in [2.45, 2.75) is 70.5 Å². The number of para-hydroxylation sites is 1. The Kier molecular flexibility index (Phi) is 7.89. The molecule has 1 heterocycles. The van der Waals surface area contributed by atoms with Crippen molar-refractivity contribution in [3.63, 3.8) is 0 Å². The third kappa shape index (κ3) is 5.60. The van der Waals surface area contributed by atoms with Crippen LogP contribution in [0.1, 0.15) is 74.9 Å². The van der Waals surface area contributed by atoms with Crippen molar-refractivity contribution >= 4 is 33.2 Å². The van der Waals surface area contributed by atoms with Crippen LogP contribution in [0.5, 0.6) is 0 Å². The van der Waals surface area contributed by atoms with Crippen molar-refractivity contribution in [1.82, 2.24) is 4.31 Å². The van der Waals surface area contributed by atoms with Crippen LogP contribution in [0.2, 0.25) is 5.02 Å². The molecule has 0 bridgehead atoms. The minimum Gasteiger partial charge on any atom is -0.373 e. The van der Waals surface area contributed by atoms with Crippen molar-refractivity contribution in [3.8, 4) is 0 Å². The number of morpholine rings is 1. The number of carbonyl (C=O) groups excluding carboxylic acids is 1. The van der Waals surface area contributed by atoms with Gasteiger partial charge in [0.25, 0.3) is 5.91 Å². The molecule has 6 nitrogen and oxygen atoms in total. The first-order valence-corrected chi connectivity index (χ1v) is 13.1. The molecule has 1 amide bonds. The maximum atomic E-state index is 13.4. The zero-order chi connectivity index (χ0) is 24.5. The number of anilines is 1. The molecule has 0 spiro atoms. The van der Waals surface area contributed by atoms with Crippen molar-refractivity contribution in [3.05, 3.63) is 58.1 Å². The molecule has 33 heavy (non-hydrogen) atoms. The first-order valence-electron chi connectivity index (χ1n) is 11.3. The van der Waals surface area contributed by atoms with Gasteiger partial charge < -0.3 is 10.1 Å². The lowest BCUT2D eigenvalue weighted by atomic mass is 9.92. The molecule has 2 atom stereocenters. The van der Waals surface area contributed by atoms with Crippen LogP contribution in [0.4, 0.5) is 5.69 Å². The molecule has 8 heteroatoms. The minimum absolute atomic E-state index is 0.0701. The van der Waals surface area contributed by atoms with Crippen molar-refractivity contribution < 1.29 is 17.9 Å². The maximum Gasteiger partial charge on any atom is 0.255 e. The van der Waals surface area contributed by atoms with E-state index in [1.54, 1.807) is 6.07 Å². The van der Waals surface area contributed by atoms with Crippen molar-refractivity contribution in [1.29, 1.82) is 0 Å². The molecule has 2 aromatic rings. The number of hydrogen-bond acceptors (Lipinski definition) is 4. The van der Waals surface area contributed by atoms with Gasteiger partial charge in [-0.1, -0.05) is 57.5 Å². The summed E-state index contributed by atoms with van der Waals surface area (Å²) in [6, 6.07) is 10.4. The number of nitrogens with zero attached hydrogens (tertiary/aromatic N) is 1. The fourth-order valence-electron chi connectivity index (χ4n) is 4.19. The summed E-state index contributed by atoms with van der Waals surface area (Å²) in [5.74, 6) is 0.0535. The fraction of sp³-hybridized carbons (Fsp3) is 0.480. The highest BCUT2D eigenvalue weighted by Gasteiger charge is 2.34. The van der Waals surface area contributed by atoms with Gasteiger partial charge in [0.2, 0.25) is 10.0 Å². The largest absolute Gasteiger partial charge is 0.373 e. The molecule has 1 saturated heterocycles. The Hall–Kier alpha value is -1.93. The number of hydrogen-bond donors (Lipinski definition) is 1. The maximum absolute atomic E-state index is 13.4. The van der Waals surface area contributed by atoms with Crippen molar-refractivity contribution in [2.24, 2.45) is 0 Å². The molecule has 1 fully saturated rings. The second-order valence-electron chi connectivity index (χ2n) is 9.30. The lowest BCUT2D eigenvalue weighted by molar-refractivity contribution is -0.0440. The number of ether oxygens (including phenoxy) is 1. The van der Waals surface area contributed by atoms with Gasteiger partial charge in [-0.3, -0.25) is 4.79 Å². The smallest absolute Gasteiger partial charge is 0.255 e. The lowest BCUT2D eigenvalue weighted by Gasteiger charge is -2.34. The lowest BCUT2D eigenvalue weighted by Crippen LogP contribution is -2.48. The molecule has 0 aliphatic carbocycles. The summed E-state index contributed by atoms with van der Waals surface area (Å²) in [5, 5.41) is 3.13. The Morgan fingerprint density at radius 1 is 1.03 bits per heavy atom. The molecule has 0 aromatic heterocycles. The highest BCUT2D eigenvalue weighted by Crippen LogP contribution is 2.33. The van der Waals surface area contributed by atoms with Crippen LogP contribution in [0, 0.1) is 0 Å². The average molecular weight is 493 g/mol. The monoisotopic (exact) mass is 492 g/mol. The van der Waals surface area contributed by atoms with Gasteiger partial charge in [0.1, 0.15) is 4.90 Å². The molecule has 0 saturated carbocycles. The van der Waals surface area contributed by atoms with Gasteiger partial charge in [0.05, 0.1) is 17.2 Å². The van der Waals surface area contributed by atoms with Crippen LogP contribution in [0.15, 0.2) is 41.3 Å². The zero-order valence-electron chi connectivity index (χ0n) is 20.1. The van der Waals surface area contributed by atoms with Crippen molar-refractivity contribution in [2.75, 3.05) is 18.4 Å². The molecule has 0 unspecified atom stereocenters. The highest BCUT2D eigenvalue weighted by atomic mass is 35.5. The third-order valence-electron chi connectivity index (χ3n) is 5.81. The standard InChI is InChI=1S/C25H33ClN2O4S/c1-15(2)20-8-7-9-21(16(3)4)24(20)27-25(29)19-10-11-22(26)23(12-19)33(30,31)28-13-17(5)32-18(6)14-28/h7-12,15-18H,13-14H2,1-6H3,(H,27,29)/t17-,18-/m0/s1. The normalized spacial score (nSPS) is 19.8. The summed E-state index contributed by atoms with van der Waals surface area (Å²) in [6.45, 7) is 12.4. The minimum atomic E-state index is -3.89. The number of nitrogens with one attached hydrogen (secondary N) is 1. The zero-order valence-corrected chi connectivity index (χ0v) is 21.6. The number of benzene rings is 2. The van der Waals surface area contributed by atoms with E-state index >= 15 is 0 Å². The van der Waals surface area contributed by atoms with E-state index in [-0.39, 0.29) is 58.5 Å². The SMILES string of the molecule is CC(C)c1cccc(C(C)C)c1NC(=O)c1ccc(Cl)c(S(=O)(=O)N2C[C@H](C)O[C@@H](C)C2)c1. The van der Waals surface area contributed by atoms with E-state index in [1.807, 2.05) is 32.0 Å². The average Bonchev–Trinajstić information content (AvgIpc) is 2.72. The quantitative estimate of drug-likeness (QED) is 0.566. The number of halogens is 1. The van der Waals surface area contributed by atoms with Gasteiger partial charge >= 0.3 is 0 Å². The van der Waals surface area contributed by atoms with E-state index < -0.39 is 10.0 Å². The van der Waals surface area contributed by atoms with Crippen LogP contribution >= 0.6 is 11.6 Å². The fourth-order valence-corrected chi connectivity index (χ4v) is 6.28. The first-order chi connectivity index (χ1) is 15.4. The third-order valence-corrected chi connectivity index (χ3v) is 8.12. The molecule has 3 rings (SSSR count). The molecule has 1 N–H and O–H groups in total. The molecule has 0 radical (unpaired) electrons. The number of carbonyl (C=O) groups is 1. The van der Waals surface area contributed by atoms with Crippen LogP contribution in [0.25, 0.3) is 0 Å². The van der Waals surface area contributed by atoms with Crippen LogP contribution < -0.4 is 5.32 Å². The summed E-state index contributed by atoms with van der Waals surface area (Å²) >= 11 is 6.30. The topological polar surface area (TPSA) is 75.7 Å². The van der Waals surface area contributed by atoms with E-state index in [4.69, 9.17) is 16.3 Å². The summed E-state index contributed by atoms with van der Waals surface area (Å²) < 4.78 is 33.8. The first kappa shape index (κ1) is 25.7. The molecule has 1 aliphatic rings. The number of rotatable bonds is 6. The van der Waals surface area contributed by atoms with E-state index in [0.717, 1.165) is 16.8 Å². The molecule has 180 valence electrons. The van der Waals surface area contributed by atoms with Crippen LogP contribution in [-0.4, -0.2) is 43.9 Å². The van der Waals surface area contributed by atoms with Gasteiger partial charge in [-0.2, -0.15) is 4.31 Å². The Morgan fingerprint density at radius 3 is 2.09 bits per heavy atom. The van der Waals surface area contributed by atoms with E-state index in [2.05, 4.69) is 33.0 Å². The summed E-state index contributed by atoms with van der Waals surface area (Å²) in [6.07, 6.45) is -0.452. The van der Waals surface area contributed by atoms with Gasteiger partial charge in [0.15, 0.2) is 0 Å². The van der Waals surface area contributed by atoms with Gasteiger partial charge in [-0.15, -0.1) is 0 Å². The van der Waals surface area contributed by atoms with Crippen LogP contribution in [-0.2, 0) is 14.8 Å². The molecular weight excluding hydrogens is 460 g/mol.